The van der Waals surface area contributed by atoms with Crippen LogP contribution in [0.3, 0.4) is 0 Å². The molecule has 1 aliphatic heterocycles. The lowest BCUT2D eigenvalue weighted by Crippen LogP contribution is -2.39. The maximum absolute atomic E-state index is 8.89. The van der Waals surface area contributed by atoms with Crippen LogP contribution in [0.2, 0.25) is 0 Å². The van der Waals surface area contributed by atoms with Gasteiger partial charge in [-0.2, -0.15) is 0 Å². The Morgan fingerprint density at radius 2 is 2.36 bits per heavy atom. The van der Waals surface area contributed by atoms with Gasteiger partial charge in [0.2, 0.25) is 0 Å². The quantitative estimate of drug-likeness (QED) is 0.686. The summed E-state index contributed by atoms with van der Waals surface area (Å²) in [5, 5.41) is 8.89. The van der Waals surface area contributed by atoms with Gasteiger partial charge in [0.15, 0.2) is 0 Å². The third-order valence-corrected chi connectivity index (χ3v) is 3.11. The Balaban J connectivity index is 2.25. The summed E-state index contributed by atoms with van der Waals surface area (Å²) in [5.41, 5.74) is 5.62. The number of hydrogen-bond donors (Lipinski definition) is 2. The molecule has 1 aliphatic rings. The monoisotopic (exact) mass is 200 g/mol. The number of aliphatic hydroxyl groups is 1. The zero-order valence-corrected chi connectivity index (χ0v) is 9.28. The lowest BCUT2D eigenvalue weighted by atomic mass is 9.94. The van der Waals surface area contributed by atoms with E-state index in [9.17, 15) is 0 Å². The van der Waals surface area contributed by atoms with Crippen molar-refractivity contribution in [3.05, 3.63) is 0 Å². The van der Waals surface area contributed by atoms with Gasteiger partial charge in [0.1, 0.15) is 0 Å². The number of aliphatic hydroxyl groups excluding tert-OH is 1. The van der Waals surface area contributed by atoms with E-state index in [1.165, 1.54) is 19.4 Å². The van der Waals surface area contributed by atoms with E-state index in [4.69, 9.17) is 10.8 Å². The van der Waals surface area contributed by atoms with Crippen molar-refractivity contribution in [3.63, 3.8) is 0 Å². The van der Waals surface area contributed by atoms with Crippen molar-refractivity contribution in [2.45, 2.75) is 26.2 Å². The molecule has 3 nitrogen and oxygen atoms in total. The standard InChI is InChI=1S/C11H24N2O/c1-10(7-12)8-13-5-2-3-11(9-13)4-6-14/h10-11,14H,2-9,12H2,1H3. The van der Waals surface area contributed by atoms with Crippen LogP contribution >= 0.6 is 0 Å². The third-order valence-electron chi connectivity index (χ3n) is 3.11. The molecule has 0 spiro atoms. The maximum atomic E-state index is 8.89. The summed E-state index contributed by atoms with van der Waals surface area (Å²) in [4.78, 5) is 2.50. The van der Waals surface area contributed by atoms with E-state index in [0.717, 1.165) is 26.1 Å². The number of likely N-dealkylation sites (tertiary alicyclic amines) is 1. The SMILES string of the molecule is CC(CN)CN1CCCC(CCO)C1. The van der Waals surface area contributed by atoms with Crippen molar-refractivity contribution in [1.82, 2.24) is 4.90 Å². The van der Waals surface area contributed by atoms with E-state index in [1.54, 1.807) is 0 Å². The predicted octanol–water partition coefficient (Wildman–Crippen LogP) is 0.676. The van der Waals surface area contributed by atoms with Gasteiger partial charge < -0.3 is 15.7 Å². The highest BCUT2D eigenvalue weighted by atomic mass is 16.3. The Labute approximate surface area is 87.3 Å². The molecule has 3 N–H and O–H groups in total. The topological polar surface area (TPSA) is 49.5 Å². The van der Waals surface area contributed by atoms with E-state index >= 15 is 0 Å². The van der Waals surface area contributed by atoms with Crippen molar-refractivity contribution in [2.75, 3.05) is 32.8 Å². The molecular formula is C11H24N2O. The number of nitrogens with zero attached hydrogens (tertiary/aromatic N) is 1. The molecule has 1 saturated heterocycles. The van der Waals surface area contributed by atoms with Crippen molar-refractivity contribution >= 4 is 0 Å². The van der Waals surface area contributed by atoms with Crippen LogP contribution in [0.15, 0.2) is 0 Å². The lowest BCUT2D eigenvalue weighted by Gasteiger charge is -2.33. The van der Waals surface area contributed by atoms with Gasteiger partial charge in [-0.15, -0.1) is 0 Å². The van der Waals surface area contributed by atoms with Crippen LogP contribution in [0.25, 0.3) is 0 Å². The number of piperidine rings is 1. The normalized spacial score (nSPS) is 26.4. The molecule has 1 rings (SSSR count). The van der Waals surface area contributed by atoms with E-state index in [-0.39, 0.29) is 0 Å². The summed E-state index contributed by atoms with van der Waals surface area (Å²) in [6.45, 7) is 6.82. The molecule has 1 heterocycles. The Morgan fingerprint density at radius 3 is 3.00 bits per heavy atom. The first-order valence-corrected chi connectivity index (χ1v) is 5.79. The van der Waals surface area contributed by atoms with Gasteiger partial charge >= 0.3 is 0 Å². The minimum Gasteiger partial charge on any atom is -0.396 e. The molecule has 0 radical (unpaired) electrons. The molecule has 2 unspecified atom stereocenters. The molecule has 3 heteroatoms. The first-order chi connectivity index (χ1) is 6.76. The van der Waals surface area contributed by atoms with Crippen molar-refractivity contribution < 1.29 is 5.11 Å². The molecule has 0 aromatic carbocycles. The second-order valence-corrected chi connectivity index (χ2v) is 4.62. The van der Waals surface area contributed by atoms with Gasteiger partial charge in [-0.1, -0.05) is 6.92 Å². The summed E-state index contributed by atoms with van der Waals surface area (Å²) in [7, 11) is 0. The summed E-state index contributed by atoms with van der Waals surface area (Å²) in [6.07, 6.45) is 3.53. The Bertz CT molecular complexity index is 150. The van der Waals surface area contributed by atoms with Gasteiger partial charge in [0.25, 0.3) is 0 Å². The van der Waals surface area contributed by atoms with Gasteiger partial charge in [-0.25, -0.2) is 0 Å². The second kappa shape index (κ2) is 6.38. The summed E-state index contributed by atoms with van der Waals surface area (Å²) in [5.74, 6) is 1.31. The Morgan fingerprint density at radius 1 is 1.57 bits per heavy atom. The van der Waals surface area contributed by atoms with Crippen LogP contribution in [0.1, 0.15) is 26.2 Å². The fourth-order valence-corrected chi connectivity index (χ4v) is 2.25. The molecule has 14 heavy (non-hydrogen) atoms. The average molecular weight is 200 g/mol. The summed E-state index contributed by atoms with van der Waals surface area (Å²) >= 11 is 0. The van der Waals surface area contributed by atoms with E-state index in [0.29, 0.717) is 18.4 Å². The molecule has 0 aliphatic carbocycles. The van der Waals surface area contributed by atoms with Crippen molar-refractivity contribution in [3.8, 4) is 0 Å². The van der Waals surface area contributed by atoms with Crippen LogP contribution in [0.5, 0.6) is 0 Å². The van der Waals surface area contributed by atoms with Crippen LogP contribution in [0, 0.1) is 11.8 Å². The molecule has 0 aromatic heterocycles. The molecular weight excluding hydrogens is 176 g/mol. The van der Waals surface area contributed by atoms with Crippen molar-refractivity contribution in [2.24, 2.45) is 17.6 Å². The first kappa shape index (κ1) is 12.0. The third kappa shape index (κ3) is 3.95. The molecule has 2 atom stereocenters. The van der Waals surface area contributed by atoms with E-state index < -0.39 is 0 Å². The minimum absolute atomic E-state index is 0.338. The van der Waals surface area contributed by atoms with Crippen molar-refractivity contribution in [1.29, 1.82) is 0 Å². The van der Waals surface area contributed by atoms with Crippen LogP contribution in [0.4, 0.5) is 0 Å². The van der Waals surface area contributed by atoms with Gasteiger partial charge in [-0.3, -0.25) is 0 Å². The average Bonchev–Trinajstić information content (AvgIpc) is 2.19. The highest BCUT2D eigenvalue weighted by molar-refractivity contribution is 4.74. The molecule has 1 fully saturated rings. The fraction of sp³-hybridized carbons (Fsp3) is 1.00. The minimum atomic E-state index is 0.338. The second-order valence-electron chi connectivity index (χ2n) is 4.62. The maximum Gasteiger partial charge on any atom is 0.0434 e. The van der Waals surface area contributed by atoms with Crippen LogP contribution in [-0.2, 0) is 0 Å². The highest BCUT2D eigenvalue weighted by Crippen LogP contribution is 2.19. The highest BCUT2D eigenvalue weighted by Gasteiger charge is 2.20. The number of nitrogens with two attached hydrogens (primary N) is 1. The lowest BCUT2D eigenvalue weighted by molar-refractivity contribution is 0.135. The molecule has 0 bridgehead atoms. The first-order valence-electron chi connectivity index (χ1n) is 5.79. The number of hydrogen-bond acceptors (Lipinski definition) is 3. The van der Waals surface area contributed by atoms with Gasteiger partial charge in [0, 0.05) is 19.7 Å². The zero-order valence-electron chi connectivity index (χ0n) is 9.28. The van der Waals surface area contributed by atoms with E-state index in [2.05, 4.69) is 11.8 Å². The zero-order chi connectivity index (χ0) is 10.4. The van der Waals surface area contributed by atoms with Gasteiger partial charge in [-0.05, 0) is 44.2 Å². The largest absolute Gasteiger partial charge is 0.396 e. The number of rotatable bonds is 5. The molecule has 0 saturated carbocycles. The van der Waals surface area contributed by atoms with Crippen LogP contribution in [-0.4, -0.2) is 42.8 Å². The van der Waals surface area contributed by atoms with E-state index in [1.807, 2.05) is 0 Å². The summed E-state index contributed by atoms with van der Waals surface area (Å²) in [6, 6.07) is 0. The Kier molecular flexibility index (Phi) is 5.45. The molecule has 0 aromatic rings. The molecule has 84 valence electrons. The predicted molar refractivity (Wildman–Crippen MR) is 59.1 cm³/mol. The Hall–Kier alpha value is -0.120. The van der Waals surface area contributed by atoms with Gasteiger partial charge in [0.05, 0.1) is 0 Å². The smallest absolute Gasteiger partial charge is 0.0434 e. The van der Waals surface area contributed by atoms with Crippen LogP contribution < -0.4 is 5.73 Å². The fourth-order valence-electron chi connectivity index (χ4n) is 2.25. The molecule has 0 amide bonds. The summed E-state index contributed by atoms with van der Waals surface area (Å²) < 4.78 is 0.